The van der Waals surface area contributed by atoms with Gasteiger partial charge in [0, 0.05) is 51.2 Å². The molecular weight excluding hydrogens is 835 g/mol. The molecule has 2 N–H and O–H groups in total. The minimum atomic E-state index is -0.287. The largest absolute Gasteiger partial charge is 0.355 e. The Bertz CT molecular complexity index is 2230. The van der Waals surface area contributed by atoms with Gasteiger partial charge in [0.15, 0.2) is 0 Å². The number of carbonyl (C=O) groups excluding carboxylic acids is 4. The topological polar surface area (TPSA) is 105 Å². The number of benzene rings is 4. The molecule has 8 heterocycles. The van der Waals surface area contributed by atoms with Crippen LogP contribution in [0.4, 0.5) is 8.78 Å². The summed E-state index contributed by atoms with van der Waals surface area (Å²) < 4.78 is 27.3. The summed E-state index contributed by atoms with van der Waals surface area (Å²) in [4.78, 5) is 60.4. The van der Waals surface area contributed by atoms with Crippen molar-refractivity contribution < 1.29 is 28.0 Å². The molecule has 0 saturated carbocycles. The second kappa shape index (κ2) is 19.4. The van der Waals surface area contributed by atoms with Gasteiger partial charge in [-0.05, 0) is 196 Å². The number of amides is 4. The number of halogens is 2. The third-order valence-corrected chi connectivity index (χ3v) is 16.2. The van der Waals surface area contributed by atoms with Crippen molar-refractivity contribution in [1.29, 1.82) is 0 Å². The van der Waals surface area contributed by atoms with Crippen molar-refractivity contribution in [1.82, 2.24) is 30.2 Å². The second-order valence-electron chi connectivity index (χ2n) is 19.8. The normalized spacial score (nSPS) is 26.1. The first-order valence-electron chi connectivity index (χ1n) is 24.2. The molecule has 0 radical (unpaired) electrons. The van der Waals surface area contributed by atoms with Gasteiger partial charge in [-0.3, -0.25) is 19.2 Å². The van der Waals surface area contributed by atoms with Crippen molar-refractivity contribution in [2.45, 2.75) is 89.1 Å². The third kappa shape index (κ3) is 9.54. The van der Waals surface area contributed by atoms with Gasteiger partial charge in [0.25, 0.3) is 11.8 Å². The maximum absolute atomic E-state index is 13.7. The van der Waals surface area contributed by atoms with Crippen LogP contribution in [0.25, 0.3) is 0 Å². The van der Waals surface area contributed by atoms with Crippen LogP contribution in [0.3, 0.4) is 0 Å². The standard InChI is InChI=1S/2C27H32FN3O2/c2*1-29-26(33)21-4-7-23-20(18-21)9-14-31(25(23)19-2-5-22(28)6-3-19)24(32)8-10-27-11-15-30(16-12-27)17-13-27/h2*2-7,18,25H,8-17H2,1H3,(H,29,33)/t2*25-/m10/s1. The molecule has 6 fully saturated rings. The van der Waals surface area contributed by atoms with Gasteiger partial charge >= 0.3 is 0 Å². The van der Waals surface area contributed by atoms with Crippen molar-refractivity contribution in [3.05, 3.63) is 141 Å². The molecule has 4 bridgehead atoms. The minimum Gasteiger partial charge on any atom is -0.355 e. The van der Waals surface area contributed by atoms with Crippen LogP contribution in [0, 0.1) is 22.5 Å². The highest BCUT2D eigenvalue weighted by atomic mass is 19.1. The first-order chi connectivity index (χ1) is 32.0. The molecule has 8 aliphatic rings. The number of nitrogens with zero attached hydrogens (tertiary/aromatic N) is 4. The molecule has 0 aliphatic carbocycles. The number of carbonyl (C=O) groups is 4. The van der Waals surface area contributed by atoms with Crippen LogP contribution in [0.2, 0.25) is 0 Å². The Hall–Kier alpha value is -5.46. The van der Waals surface area contributed by atoms with Crippen LogP contribution < -0.4 is 10.6 Å². The van der Waals surface area contributed by atoms with Gasteiger partial charge in [-0.25, -0.2) is 8.78 Å². The molecular formula is C54H64F2N6O4. The molecule has 2 atom stereocenters. The van der Waals surface area contributed by atoms with Crippen LogP contribution in [0.15, 0.2) is 84.9 Å². The van der Waals surface area contributed by atoms with Gasteiger partial charge < -0.3 is 30.2 Å². The Balaban J connectivity index is 0.000000166. The van der Waals surface area contributed by atoms with Gasteiger partial charge in [-0.1, -0.05) is 36.4 Å². The molecule has 0 spiro atoms. The zero-order valence-corrected chi connectivity index (χ0v) is 38.6. The second-order valence-corrected chi connectivity index (χ2v) is 19.8. The molecule has 66 heavy (non-hydrogen) atoms. The lowest BCUT2D eigenvalue weighted by Crippen LogP contribution is -2.48. The van der Waals surface area contributed by atoms with E-state index < -0.39 is 0 Å². The summed E-state index contributed by atoms with van der Waals surface area (Å²) in [6, 6.07) is 23.8. The van der Waals surface area contributed by atoms with Gasteiger partial charge in [-0.2, -0.15) is 0 Å². The summed E-state index contributed by atoms with van der Waals surface area (Å²) in [5, 5.41) is 5.35. The molecule has 0 unspecified atom stereocenters. The van der Waals surface area contributed by atoms with Crippen LogP contribution in [-0.2, 0) is 22.4 Å². The molecule has 348 valence electrons. The number of piperidine rings is 6. The summed E-state index contributed by atoms with van der Waals surface area (Å²) in [7, 11) is 3.25. The highest BCUT2D eigenvalue weighted by molar-refractivity contribution is 5.95. The van der Waals surface area contributed by atoms with Crippen molar-refractivity contribution in [2.24, 2.45) is 10.8 Å². The van der Waals surface area contributed by atoms with Crippen LogP contribution in [-0.4, -0.2) is 110 Å². The van der Waals surface area contributed by atoms with Crippen molar-refractivity contribution >= 4 is 23.6 Å². The molecule has 4 amide bonds. The average molecular weight is 899 g/mol. The van der Waals surface area contributed by atoms with Crippen molar-refractivity contribution in [2.75, 3.05) is 66.5 Å². The maximum atomic E-state index is 13.7. The van der Waals surface area contributed by atoms with Gasteiger partial charge in [0.1, 0.15) is 11.6 Å². The van der Waals surface area contributed by atoms with Crippen LogP contribution in [0.1, 0.15) is 130 Å². The molecule has 10 nitrogen and oxygen atoms in total. The average Bonchev–Trinajstić information content (AvgIpc) is 3.37. The fourth-order valence-corrected chi connectivity index (χ4v) is 11.9. The monoisotopic (exact) mass is 898 g/mol. The number of hydrogen-bond acceptors (Lipinski definition) is 6. The number of rotatable bonds is 10. The lowest BCUT2D eigenvalue weighted by atomic mass is 9.69. The van der Waals surface area contributed by atoms with E-state index in [4.69, 9.17) is 0 Å². The van der Waals surface area contributed by atoms with Crippen molar-refractivity contribution in [3.8, 4) is 0 Å². The molecule has 4 aromatic rings. The van der Waals surface area contributed by atoms with E-state index in [1.165, 1.54) is 62.8 Å². The van der Waals surface area contributed by atoms with E-state index >= 15 is 0 Å². The maximum Gasteiger partial charge on any atom is 0.251 e. The van der Waals surface area contributed by atoms with E-state index in [9.17, 15) is 28.0 Å². The fraction of sp³-hybridized carbons (Fsp3) is 0.481. The summed E-state index contributed by atoms with van der Waals surface area (Å²) in [5.74, 6) is -0.462. The smallest absolute Gasteiger partial charge is 0.251 e. The summed E-state index contributed by atoms with van der Waals surface area (Å²) >= 11 is 0. The molecule has 0 aromatic heterocycles. The highest BCUT2D eigenvalue weighted by Crippen LogP contribution is 2.46. The van der Waals surface area contributed by atoms with Crippen molar-refractivity contribution in [3.63, 3.8) is 0 Å². The summed E-state index contributed by atoms with van der Waals surface area (Å²) in [5.41, 5.74) is 7.91. The third-order valence-electron chi connectivity index (χ3n) is 16.2. The van der Waals surface area contributed by atoms with Crippen LogP contribution >= 0.6 is 0 Å². The van der Waals surface area contributed by atoms with E-state index in [1.54, 1.807) is 38.4 Å². The Morgan fingerprint density at radius 2 is 0.864 bits per heavy atom. The molecule has 12 rings (SSSR count). The van der Waals surface area contributed by atoms with Gasteiger partial charge in [0.2, 0.25) is 11.8 Å². The highest BCUT2D eigenvalue weighted by Gasteiger charge is 2.42. The quantitative estimate of drug-likeness (QED) is 0.168. The first-order valence-corrected chi connectivity index (χ1v) is 24.2. The van der Waals surface area contributed by atoms with E-state index in [1.807, 2.05) is 46.2 Å². The summed E-state index contributed by atoms with van der Waals surface area (Å²) in [6.07, 6.45) is 11.7. The Kier molecular flexibility index (Phi) is 13.4. The number of fused-ring (bicyclic) bond motifs is 8. The molecule has 12 heteroatoms. The van der Waals surface area contributed by atoms with E-state index in [-0.39, 0.29) is 47.3 Å². The predicted octanol–water partition coefficient (Wildman–Crippen LogP) is 7.85. The number of hydrogen-bond donors (Lipinski definition) is 2. The summed E-state index contributed by atoms with van der Waals surface area (Å²) in [6.45, 7) is 8.19. The Morgan fingerprint density at radius 1 is 0.515 bits per heavy atom. The Morgan fingerprint density at radius 3 is 1.20 bits per heavy atom. The van der Waals surface area contributed by atoms with E-state index in [2.05, 4.69) is 20.4 Å². The minimum absolute atomic E-state index is 0.118. The zero-order valence-electron chi connectivity index (χ0n) is 38.6. The first kappa shape index (κ1) is 45.7. The lowest BCUT2D eigenvalue weighted by molar-refractivity contribution is -0.135. The Labute approximate surface area is 388 Å². The van der Waals surface area contributed by atoms with Gasteiger partial charge in [-0.15, -0.1) is 0 Å². The van der Waals surface area contributed by atoms with E-state index in [0.29, 0.717) is 60.7 Å². The predicted molar refractivity (Wildman–Crippen MR) is 251 cm³/mol. The van der Waals surface area contributed by atoms with E-state index in [0.717, 1.165) is 85.5 Å². The fourth-order valence-electron chi connectivity index (χ4n) is 11.9. The van der Waals surface area contributed by atoms with Crippen LogP contribution in [0.5, 0.6) is 0 Å². The SMILES string of the molecule is CNC(=O)c1ccc2c(c1)CCN(C(=O)CCC13CCN(CC1)CC3)[C@@H]2c1ccc(F)cc1.CNC(=O)c1ccc2c(c1)CCN(C(=O)CCC13CCN(CC1)CC3)[C@H]2c1ccc(F)cc1. The lowest BCUT2D eigenvalue weighted by Gasteiger charge is -2.49. The molecule has 4 aromatic carbocycles. The zero-order chi connectivity index (χ0) is 46.0. The molecule has 6 saturated heterocycles. The van der Waals surface area contributed by atoms with Gasteiger partial charge in [0.05, 0.1) is 12.1 Å². The molecule has 8 aliphatic heterocycles. The number of nitrogens with one attached hydrogen (secondary N) is 2.